The molecule has 5 heteroatoms. The summed E-state index contributed by atoms with van der Waals surface area (Å²) < 4.78 is 27.0. The van der Waals surface area contributed by atoms with Crippen molar-refractivity contribution in [2.24, 2.45) is 11.3 Å². The molecule has 1 aromatic carbocycles. The molecule has 2 bridgehead atoms. The maximum absolute atomic E-state index is 13.5. The van der Waals surface area contributed by atoms with Crippen LogP contribution in [0.2, 0.25) is 0 Å². The summed E-state index contributed by atoms with van der Waals surface area (Å²) in [6.07, 6.45) is 1.61. The predicted molar refractivity (Wildman–Crippen MR) is 100.0 cm³/mol. The van der Waals surface area contributed by atoms with Gasteiger partial charge in [-0.05, 0) is 48.3 Å². The third-order valence-electron chi connectivity index (χ3n) is 7.98. The Hall–Kier alpha value is -1.65. The highest BCUT2D eigenvalue weighted by molar-refractivity contribution is 5.80. The Kier molecular flexibility index (Phi) is 4.10. The Morgan fingerprint density at radius 3 is 2.48 bits per heavy atom. The quantitative estimate of drug-likeness (QED) is 0.773. The van der Waals surface area contributed by atoms with Crippen molar-refractivity contribution < 1.29 is 18.7 Å². The topological polar surface area (TPSA) is 40.5 Å². The van der Waals surface area contributed by atoms with Crippen molar-refractivity contribution in [1.29, 1.82) is 0 Å². The van der Waals surface area contributed by atoms with Crippen LogP contribution in [0.1, 0.15) is 64.0 Å². The van der Waals surface area contributed by atoms with Crippen LogP contribution in [0, 0.1) is 11.3 Å². The average Bonchev–Trinajstić information content (AvgIpc) is 2.58. The van der Waals surface area contributed by atoms with Crippen LogP contribution in [-0.2, 0) is 16.6 Å². The first-order valence-corrected chi connectivity index (χ1v) is 10.1. The van der Waals surface area contributed by atoms with Gasteiger partial charge in [-0.2, -0.15) is 0 Å². The van der Waals surface area contributed by atoms with Crippen LogP contribution >= 0.6 is 0 Å². The first kappa shape index (κ1) is 18.7. The van der Waals surface area contributed by atoms with Crippen molar-refractivity contribution in [3.8, 4) is 5.75 Å². The molecule has 3 aliphatic rings. The van der Waals surface area contributed by atoms with Crippen LogP contribution in [0.15, 0.2) is 18.2 Å². The maximum atomic E-state index is 13.5. The molecule has 0 spiro atoms. The molecule has 0 aromatic heterocycles. The SMILES string of the molecule is CC1(C)[C@H]2Cc3c(O)cccc3[C@]1(C)CCN2C(=O)C1CCC(F)(F)CC1. The summed E-state index contributed by atoms with van der Waals surface area (Å²) in [7, 11) is 0. The number of alkyl halides is 2. The number of hydrogen-bond donors (Lipinski definition) is 1. The molecule has 3 nitrogen and oxygen atoms in total. The fraction of sp³-hybridized carbons (Fsp3) is 0.682. The van der Waals surface area contributed by atoms with Crippen molar-refractivity contribution in [3.05, 3.63) is 29.3 Å². The Morgan fingerprint density at radius 1 is 1.15 bits per heavy atom. The number of carbonyl (C=O) groups is 1. The van der Waals surface area contributed by atoms with Gasteiger partial charge in [-0.25, -0.2) is 8.78 Å². The molecule has 1 aliphatic heterocycles. The second-order valence-corrected chi connectivity index (χ2v) is 9.49. The molecule has 1 saturated carbocycles. The largest absolute Gasteiger partial charge is 0.508 e. The van der Waals surface area contributed by atoms with E-state index in [4.69, 9.17) is 0 Å². The molecule has 1 heterocycles. The number of rotatable bonds is 1. The van der Waals surface area contributed by atoms with Gasteiger partial charge in [0.25, 0.3) is 0 Å². The molecule has 0 radical (unpaired) electrons. The van der Waals surface area contributed by atoms with E-state index < -0.39 is 5.92 Å². The molecular weight excluding hydrogens is 348 g/mol. The molecule has 2 aliphatic carbocycles. The number of piperidine rings is 1. The Balaban J connectivity index is 1.66. The van der Waals surface area contributed by atoms with Crippen molar-refractivity contribution in [3.63, 3.8) is 0 Å². The summed E-state index contributed by atoms with van der Waals surface area (Å²) in [4.78, 5) is 15.2. The minimum Gasteiger partial charge on any atom is -0.508 e. The van der Waals surface area contributed by atoms with Gasteiger partial charge in [0, 0.05) is 36.8 Å². The second-order valence-electron chi connectivity index (χ2n) is 9.49. The fourth-order valence-corrected chi connectivity index (χ4v) is 5.71. The molecular formula is C22H29F2NO2. The zero-order valence-electron chi connectivity index (χ0n) is 16.4. The minimum absolute atomic E-state index is 0.0213. The predicted octanol–water partition coefficient (Wildman–Crippen LogP) is 4.66. The van der Waals surface area contributed by atoms with E-state index in [1.54, 1.807) is 6.07 Å². The van der Waals surface area contributed by atoms with Gasteiger partial charge in [-0.3, -0.25) is 4.79 Å². The normalized spacial score (nSPS) is 32.0. The lowest BCUT2D eigenvalue weighted by Gasteiger charge is -2.61. The van der Waals surface area contributed by atoms with Crippen LogP contribution < -0.4 is 0 Å². The van der Waals surface area contributed by atoms with E-state index in [1.165, 1.54) is 5.56 Å². The van der Waals surface area contributed by atoms with Gasteiger partial charge in [0.2, 0.25) is 11.8 Å². The number of hydrogen-bond acceptors (Lipinski definition) is 2. The lowest BCUT2D eigenvalue weighted by atomic mass is 9.51. The Morgan fingerprint density at radius 2 is 1.81 bits per heavy atom. The number of fused-ring (bicyclic) bond motifs is 4. The van der Waals surface area contributed by atoms with Gasteiger partial charge < -0.3 is 10.0 Å². The molecule has 148 valence electrons. The zero-order valence-corrected chi connectivity index (χ0v) is 16.4. The summed E-state index contributed by atoms with van der Waals surface area (Å²) in [6.45, 7) is 7.31. The lowest BCUT2D eigenvalue weighted by Crippen LogP contribution is -2.65. The summed E-state index contributed by atoms with van der Waals surface area (Å²) in [5.41, 5.74) is 1.85. The van der Waals surface area contributed by atoms with Crippen LogP contribution in [0.5, 0.6) is 5.75 Å². The monoisotopic (exact) mass is 377 g/mol. The Labute approximate surface area is 159 Å². The van der Waals surface area contributed by atoms with Crippen LogP contribution in [0.4, 0.5) is 8.78 Å². The van der Waals surface area contributed by atoms with E-state index >= 15 is 0 Å². The minimum atomic E-state index is -2.62. The van der Waals surface area contributed by atoms with Gasteiger partial charge in [-0.15, -0.1) is 0 Å². The van der Waals surface area contributed by atoms with Gasteiger partial charge in [-0.1, -0.05) is 32.9 Å². The fourth-order valence-electron chi connectivity index (χ4n) is 5.71. The highest BCUT2D eigenvalue weighted by atomic mass is 19.3. The summed E-state index contributed by atoms with van der Waals surface area (Å²) in [6, 6.07) is 5.70. The molecule has 1 aromatic rings. The van der Waals surface area contributed by atoms with Crippen molar-refractivity contribution >= 4 is 5.91 Å². The third-order valence-corrected chi connectivity index (χ3v) is 7.98. The number of benzene rings is 1. The van der Waals surface area contributed by atoms with E-state index in [0.29, 0.717) is 18.7 Å². The molecule has 2 fully saturated rings. The molecule has 2 atom stereocenters. The van der Waals surface area contributed by atoms with Crippen LogP contribution in [0.3, 0.4) is 0 Å². The molecule has 0 unspecified atom stereocenters. The molecule has 4 rings (SSSR count). The van der Waals surface area contributed by atoms with Crippen molar-refractivity contribution in [2.75, 3.05) is 6.54 Å². The van der Waals surface area contributed by atoms with E-state index in [0.717, 1.165) is 12.0 Å². The van der Waals surface area contributed by atoms with Gasteiger partial charge in [0.05, 0.1) is 0 Å². The van der Waals surface area contributed by atoms with Gasteiger partial charge in [0.1, 0.15) is 5.75 Å². The number of carbonyl (C=O) groups excluding carboxylic acids is 1. The van der Waals surface area contributed by atoms with Gasteiger partial charge in [0.15, 0.2) is 0 Å². The van der Waals surface area contributed by atoms with Crippen LogP contribution in [0.25, 0.3) is 0 Å². The third kappa shape index (κ3) is 2.68. The lowest BCUT2D eigenvalue weighted by molar-refractivity contribution is -0.152. The van der Waals surface area contributed by atoms with E-state index in [9.17, 15) is 18.7 Å². The van der Waals surface area contributed by atoms with Gasteiger partial charge >= 0.3 is 0 Å². The molecule has 27 heavy (non-hydrogen) atoms. The van der Waals surface area contributed by atoms with Crippen molar-refractivity contribution in [2.45, 2.75) is 76.7 Å². The number of amides is 1. The number of phenols is 1. The van der Waals surface area contributed by atoms with Crippen molar-refractivity contribution in [1.82, 2.24) is 4.90 Å². The summed E-state index contributed by atoms with van der Waals surface area (Å²) in [5, 5.41) is 10.4. The zero-order chi connectivity index (χ0) is 19.6. The first-order chi connectivity index (χ1) is 12.6. The molecule has 1 amide bonds. The number of phenolic OH excluding ortho intramolecular Hbond substituents is 1. The standard InChI is InChI=1S/C22H29F2NO2/c1-20(2)18-13-15-16(5-4-6-17(15)26)21(20,3)11-12-25(18)19(27)14-7-9-22(23,24)10-8-14/h4-6,14,18,26H,7-13H2,1-3H3/t18-,21+/m1/s1. The second kappa shape index (κ2) is 5.92. The van der Waals surface area contributed by atoms with E-state index in [1.807, 2.05) is 11.0 Å². The molecule has 1 saturated heterocycles. The smallest absolute Gasteiger partial charge is 0.248 e. The Bertz CT molecular complexity index is 766. The number of halogens is 2. The van der Waals surface area contributed by atoms with E-state index in [-0.39, 0.29) is 54.4 Å². The highest BCUT2D eigenvalue weighted by Gasteiger charge is 2.57. The number of nitrogens with zero attached hydrogens (tertiary/aromatic N) is 1. The highest BCUT2D eigenvalue weighted by Crippen LogP contribution is 2.57. The summed E-state index contributed by atoms with van der Waals surface area (Å²) >= 11 is 0. The maximum Gasteiger partial charge on any atom is 0.248 e. The molecule has 1 N–H and O–H groups in total. The van der Waals surface area contributed by atoms with Crippen LogP contribution in [-0.4, -0.2) is 34.4 Å². The number of likely N-dealkylation sites (tertiary alicyclic amines) is 1. The summed E-state index contributed by atoms with van der Waals surface area (Å²) in [5.74, 6) is -2.59. The number of aromatic hydroxyl groups is 1. The van der Waals surface area contributed by atoms with E-state index in [2.05, 4.69) is 26.8 Å². The first-order valence-electron chi connectivity index (χ1n) is 10.1. The average molecular weight is 377 g/mol.